The van der Waals surface area contributed by atoms with Gasteiger partial charge in [0.15, 0.2) is 0 Å². The van der Waals surface area contributed by atoms with Gasteiger partial charge >= 0.3 is 6.03 Å². The lowest BCUT2D eigenvalue weighted by Crippen LogP contribution is -2.41. The fourth-order valence-corrected chi connectivity index (χ4v) is 2.39. The number of likely N-dealkylation sites (tertiary alicyclic amines) is 1. The lowest BCUT2D eigenvalue weighted by Gasteiger charge is -2.31. The van der Waals surface area contributed by atoms with Crippen molar-refractivity contribution in [2.24, 2.45) is 5.92 Å². The Morgan fingerprint density at radius 3 is 2.89 bits per heavy atom. The predicted molar refractivity (Wildman–Crippen MR) is 72.7 cm³/mol. The number of nitrogens with zero attached hydrogens (tertiary/aromatic N) is 2. The van der Waals surface area contributed by atoms with Gasteiger partial charge in [-0.25, -0.2) is 4.79 Å². The third-order valence-corrected chi connectivity index (χ3v) is 3.41. The molecule has 1 fully saturated rings. The van der Waals surface area contributed by atoms with Gasteiger partial charge in [-0.15, -0.1) is 0 Å². The molecule has 1 aliphatic heterocycles. The number of carbonyl (C=O) groups is 1. The Bertz CT molecular complexity index is 445. The highest BCUT2D eigenvalue weighted by Crippen LogP contribution is 2.18. The number of amides is 2. The average molecular weight is 247 g/mol. The van der Waals surface area contributed by atoms with Crippen LogP contribution in [-0.4, -0.2) is 29.0 Å². The van der Waals surface area contributed by atoms with Crippen molar-refractivity contribution in [3.05, 3.63) is 23.5 Å². The first kappa shape index (κ1) is 12.9. The van der Waals surface area contributed by atoms with E-state index in [9.17, 15) is 4.79 Å². The Hall–Kier alpha value is -1.58. The molecule has 1 unspecified atom stereocenters. The minimum atomic E-state index is -0.00435. The number of piperidine rings is 1. The largest absolute Gasteiger partial charge is 0.324 e. The van der Waals surface area contributed by atoms with Crippen molar-refractivity contribution in [1.82, 2.24) is 9.88 Å². The maximum absolute atomic E-state index is 12.1. The molecular formula is C14H21N3O. The summed E-state index contributed by atoms with van der Waals surface area (Å²) in [6.45, 7) is 7.77. The molecule has 1 atom stereocenters. The van der Waals surface area contributed by atoms with Crippen LogP contribution in [-0.2, 0) is 0 Å². The maximum Gasteiger partial charge on any atom is 0.321 e. The van der Waals surface area contributed by atoms with Gasteiger partial charge in [-0.2, -0.15) is 0 Å². The van der Waals surface area contributed by atoms with Crippen molar-refractivity contribution >= 4 is 11.7 Å². The van der Waals surface area contributed by atoms with E-state index in [4.69, 9.17) is 0 Å². The Labute approximate surface area is 108 Å². The first-order valence-electron chi connectivity index (χ1n) is 6.56. The molecular weight excluding hydrogens is 226 g/mol. The molecule has 0 radical (unpaired) electrons. The number of pyridine rings is 1. The van der Waals surface area contributed by atoms with Crippen molar-refractivity contribution < 1.29 is 4.79 Å². The van der Waals surface area contributed by atoms with Crippen LogP contribution in [0.15, 0.2) is 12.1 Å². The molecule has 1 aromatic heterocycles. The normalized spacial score (nSPS) is 19.7. The van der Waals surface area contributed by atoms with E-state index in [1.54, 1.807) is 0 Å². The minimum absolute atomic E-state index is 0.00435. The zero-order chi connectivity index (χ0) is 13.1. The van der Waals surface area contributed by atoms with Crippen LogP contribution in [0, 0.1) is 19.8 Å². The number of hydrogen-bond donors (Lipinski definition) is 1. The Kier molecular flexibility index (Phi) is 3.84. The molecule has 0 aliphatic carbocycles. The Morgan fingerprint density at radius 2 is 2.22 bits per heavy atom. The highest BCUT2D eigenvalue weighted by molar-refractivity contribution is 5.89. The monoisotopic (exact) mass is 247 g/mol. The third-order valence-electron chi connectivity index (χ3n) is 3.41. The van der Waals surface area contributed by atoms with Gasteiger partial charge in [0.05, 0.1) is 11.4 Å². The van der Waals surface area contributed by atoms with Crippen LogP contribution in [0.4, 0.5) is 10.5 Å². The van der Waals surface area contributed by atoms with Crippen LogP contribution in [0.2, 0.25) is 0 Å². The van der Waals surface area contributed by atoms with E-state index in [0.717, 1.165) is 36.6 Å². The Morgan fingerprint density at radius 1 is 1.44 bits per heavy atom. The van der Waals surface area contributed by atoms with E-state index in [2.05, 4.69) is 17.2 Å². The summed E-state index contributed by atoms with van der Waals surface area (Å²) in [4.78, 5) is 18.4. The summed E-state index contributed by atoms with van der Waals surface area (Å²) in [6, 6.07) is 3.83. The van der Waals surface area contributed by atoms with Gasteiger partial charge in [-0.1, -0.05) is 6.92 Å². The molecule has 1 aliphatic rings. The number of urea groups is 1. The van der Waals surface area contributed by atoms with E-state index in [0.29, 0.717) is 5.92 Å². The van der Waals surface area contributed by atoms with Crippen LogP contribution in [0.3, 0.4) is 0 Å². The zero-order valence-corrected chi connectivity index (χ0v) is 11.4. The molecule has 98 valence electrons. The second kappa shape index (κ2) is 5.38. The standard InChI is InChI=1S/C14H21N3O/c1-10-5-4-8-17(9-10)14(18)16-13-7-6-11(2)15-12(13)3/h6-7,10H,4-5,8-9H2,1-3H3,(H,16,18). The summed E-state index contributed by atoms with van der Waals surface area (Å²) in [7, 11) is 0. The summed E-state index contributed by atoms with van der Waals surface area (Å²) >= 11 is 0. The van der Waals surface area contributed by atoms with Gasteiger partial charge in [0.1, 0.15) is 0 Å². The number of hydrogen-bond acceptors (Lipinski definition) is 2. The molecule has 0 bridgehead atoms. The summed E-state index contributed by atoms with van der Waals surface area (Å²) < 4.78 is 0. The molecule has 4 nitrogen and oxygen atoms in total. The van der Waals surface area contributed by atoms with Crippen LogP contribution in [0.1, 0.15) is 31.2 Å². The number of aromatic nitrogens is 1. The highest BCUT2D eigenvalue weighted by atomic mass is 16.2. The van der Waals surface area contributed by atoms with E-state index >= 15 is 0 Å². The summed E-state index contributed by atoms with van der Waals surface area (Å²) in [5.41, 5.74) is 2.65. The molecule has 2 rings (SSSR count). The van der Waals surface area contributed by atoms with Crippen molar-refractivity contribution in [3.63, 3.8) is 0 Å². The van der Waals surface area contributed by atoms with Crippen molar-refractivity contribution in [2.45, 2.75) is 33.6 Å². The number of nitrogens with one attached hydrogen (secondary N) is 1. The molecule has 1 aromatic rings. The molecule has 0 aromatic carbocycles. The summed E-state index contributed by atoms with van der Waals surface area (Å²) in [5.74, 6) is 0.599. The third kappa shape index (κ3) is 3.00. The lowest BCUT2D eigenvalue weighted by molar-refractivity contribution is 0.182. The fraction of sp³-hybridized carbons (Fsp3) is 0.571. The molecule has 0 saturated carbocycles. The molecule has 2 heterocycles. The molecule has 0 spiro atoms. The van der Waals surface area contributed by atoms with Crippen LogP contribution in [0.25, 0.3) is 0 Å². The second-order valence-electron chi connectivity index (χ2n) is 5.21. The van der Waals surface area contributed by atoms with Gasteiger partial charge in [-0.3, -0.25) is 4.98 Å². The van der Waals surface area contributed by atoms with Crippen molar-refractivity contribution in [2.75, 3.05) is 18.4 Å². The first-order valence-corrected chi connectivity index (χ1v) is 6.56. The molecule has 4 heteroatoms. The number of rotatable bonds is 1. The van der Waals surface area contributed by atoms with Crippen LogP contribution < -0.4 is 5.32 Å². The van der Waals surface area contributed by atoms with E-state index in [1.807, 2.05) is 30.9 Å². The van der Waals surface area contributed by atoms with Gasteiger partial charge in [0, 0.05) is 18.8 Å². The fourth-order valence-electron chi connectivity index (χ4n) is 2.39. The highest BCUT2D eigenvalue weighted by Gasteiger charge is 2.21. The van der Waals surface area contributed by atoms with E-state index in [1.165, 1.54) is 6.42 Å². The first-order chi connectivity index (χ1) is 8.56. The molecule has 1 N–H and O–H groups in total. The molecule has 18 heavy (non-hydrogen) atoms. The predicted octanol–water partition coefficient (Wildman–Crippen LogP) is 2.96. The van der Waals surface area contributed by atoms with Gasteiger partial charge in [0.2, 0.25) is 0 Å². The molecule has 1 saturated heterocycles. The number of carbonyl (C=O) groups excluding carboxylic acids is 1. The lowest BCUT2D eigenvalue weighted by atomic mass is 10.0. The molecule has 2 amide bonds. The second-order valence-corrected chi connectivity index (χ2v) is 5.21. The van der Waals surface area contributed by atoms with Crippen molar-refractivity contribution in [3.8, 4) is 0 Å². The smallest absolute Gasteiger partial charge is 0.321 e. The summed E-state index contributed by atoms with van der Waals surface area (Å²) in [6.07, 6.45) is 2.31. The SMILES string of the molecule is Cc1ccc(NC(=O)N2CCCC(C)C2)c(C)n1. The van der Waals surface area contributed by atoms with Crippen LogP contribution >= 0.6 is 0 Å². The average Bonchev–Trinajstić information content (AvgIpc) is 2.32. The van der Waals surface area contributed by atoms with Gasteiger partial charge < -0.3 is 10.2 Å². The van der Waals surface area contributed by atoms with E-state index in [-0.39, 0.29) is 6.03 Å². The Balaban J connectivity index is 2.02. The van der Waals surface area contributed by atoms with Crippen molar-refractivity contribution in [1.29, 1.82) is 0 Å². The topological polar surface area (TPSA) is 45.2 Å². The number of aryl methyl sites for hydroxylation is 2. The minimum Gasteiger partial charge on any atom is -0.324 e. The zero-order valence-electron chi connectivity index (χ0n) is 11.4. The van der Waals surface area contributed by atoms with E-state index < -0.39 is 0 Å². The van der Waals surface area contributed by atoms with Gasteiger partial charge in [0.25, 0.3) is 0 Å². The van der Waals surface area contributed by atoms with Crippen LogP contribution in [0.5, 0.6) is 0 Å². The quantitative estimate of drug-likeness (QED) is 0.829. The summed E-state index contributed by atoms with van der Waals surface area (Å²) in [5, 5.41) is 2.95. The van der Waals surface area contributed by atoms with Gasteiger partial charge in [-0.05, 0) is 44.7 Å². The number of anilines is 1. The maximum atomic E-state index is 12.1.